The number of nitrogens with zero attached hydrogens (tertiary/aromatic N) is 1. The molecule has 1 fully saturated rings. The van der Waals surface area contributed by atoms with Gasteiger partial charge in [-0.25, -0.2) is 4.79 Å². The maximum Gasteiger partial charge on any atom is 0.335 e. The molecule has 2 aromatic carbocycles. The molecule has 2 amide bonds. The number of carboxylic acids is 1. The van der Waals surface area contributed by atoms with Gasteiger partial charge in [0, 0.05) is 5.56 Å². The Morgan fingerprint density at radius 3 is 2.48 bits per heavy atom. The number of aromatic carboxylic acids is 1. The summed E-state index contributed by atoms with van der Waals surface area (Å²) in [6.45, 7) is 3.82. The smallest absolute Gasteiger partial charge is 0.335 e. The third-order valence-corrected chi connectivity index (χ3v) is 5.64. The molecule has 0 spiro atoms. The number of furan rings is 1. The fourth-order valence-corrected chi connectivity index (χ4v) is 3.84. The van der Waals surface area contributed by atoms with Crippen LogP contribution in [0.1, 0.15) is 34.2 Å². The number of hydrogen-bond acceptors (Lipinski definition) is 5. The van der Waals surface area contributed by atoms with Gasteiger partial charge in [0.2, 0.25) is 0 Å². The monoisotopic (exact) mass is 460 g/mol. The lowest BCUT2D eigenvalue weighted by atomic mass is 10.0. The molecule has 0 unspecified atom stereocenters. The Balaban J connectivity index is 1.65. The number of hydrogen-bond donors (Lipinski definition) is 2. The Kier molecular flexibility index (Phi) is 5.93. The summed E-state index contributed by atoms with van der Waals surface area (Å²) in [5.41, 5.74) is 3.18. The quantitative estimate of drug-likeness (QED) is 0.334. The molecule has 3 aromatic rings. The van der Waals surface area contributed by atoms with E-state index in [-0.39, 0.29) is 16.2 Å². The van der Waals surface area contributed by atoms with E-state index >= 15 is 0 Å². The molecule has 1 aliphatic heterocycles. The van der Waals surface area contributed by atoms with Gasteiger partial charge < -0.3 is 9.52 Å². The number of anilines is 1. The second-order valence-corrected chi connectivity index (χ2v) is 7.90. The van der Waals surface area contributed by atoms with Crippen LogP contribution in [0.3, 0.4) is 0 Å². The second-order valence-electron chi connectivity index (χ2n) is 7.51. The van der Waals surface area contributed by atoms with Crippen LogP contribution in [0.4, 0.5) is 5.69 Å². The summed E-state index contributed by atoms with van der Waals surface area (Å²) in [6.07, 6.45) is 2.23. The highest BCUT2D eigenvalue weighted by atomic mass is 32.1. The minimum absolute atomic E-state index is 0.0145. The molecule has 0 atom stereocenters. The molecule has 1 aliphatic rings. The summed E-state index contributed by atoms with van der Waals surface area (Å²) in [5, 5.41) is 11.7. The van der Waals surface area contributed by atoms with Crippen LogP contribution in [-0.4, -0.2) is 28.0 Å². The predicted molar refractivity (Wildman–Crippen MR) is 128 cm³/mol. The number of nitrogens with one attached hydrogen (secondary N) is 1. The van der Waals surface area contributed by atoms with Crippen molar-refractivity contribution in [3.8, 4) is 11.3 Å². The maximum atomic E-state index is 13.1. The standard InChI is InChI=1S/C25H20N2O5S/c1-3-15-4-7-17(8-5-15)27-23(29)20(22(28)26-25(27)33)13-18-9-11-21(32-18)19-10-6-16(24(30)31)12-14(19)2/h4-13H,3H2,1-2H3,(H,30,31)(H,26,28,33)/b20-13-. The van der Waals surface area contributed by atoms with Gasteiger partial charge in [-0.05, 0) is 79.2 Å². The molecule has 4 rings (SSSR count). The Hall–Kier alpha value is -4.04. The number of benzene rings is 2. The largest absolute Gasteiger partial charge is 0.478 e. The first-order valence-electron chi connectivity index (χ1n) is 10.2. The van der Waals surface area contributed by atoms with E-state index in [1.807, 2.05) is 19.1 Å². The summed E-state index contributed by atoms with van der Waals surface area (Å²) < 4.78 is 5.84. The van der Waals surface area contributed by atoms with Crippen LogP contribution in [0.15, 0.2) is 64.6 Å². The van der Waals surface area contributed by atoms with Crippen molar-refractivity contribution in [3.05, 3.63) is 82.6 Å². The number of rotatable bonds is 5. The Labute approximate surface area is 195 Å². The van der Waals surface area contributed by atoms with Crippen molar-refractivity contribution in [1.82, 2.24) is 5.32 Å². The second kappa shape index (κ2) is 8.84. The van der Waals surface area contributed by atoms with Crippen molar-refractivity contribution in [2.45, 2.75) is 20.3 Å². The van der Waals surface area contributed by atoms with E-state index in [1.165, 1.54) is 17.0 Å². The van der Waals surface area contributed by atoms with E-state index in [1.54, 1.807) is 43.3 Å². The summed E-state index contributed by atoms with van der Waals surface area (Å²) in [7, 11) is 0. The Bertz CT molecular complexity index is 1320. The minimum Gasteiger partial charge on any atom is -0.478 e. The lowest BCUT2D eigenvalue weighted by Gasteiger charge is -2.28. The highest BCUT2D eigenvalue weighted by molar-refractivity contribution is 7.80. The van der Waals surface area contributed by atoms with E-state index in [0.29, 0.717) is 22.8 Å². The SMILES string of the molecule is CCc1ccc(N2C(=O)/C(=C\c3ccc(-c4ccc(C(=O)O)cc4C)o3)C(=O)NC2=S)cc1. The van der Waals surface area contributed by atoms with Crippen LogP contribution >= 0.6 is 12.2 Å². The molecule has 8 heteroatoms. The van der Waals surface area contributed by atoms with Crippen molar-refractivity contribution >= 4 is 46.9 Å². The van der Waals surface area contributed by atoms with Crippen LogP contribution in [0, 0.1) is 6.92 Å². The third-order valence-electron chi connectivity index (χ3n) is 5.36. The van der Waals surface area contributed by atoms with Gasteiger partial charge in [0.25, 0.3) is 11.8 Å². The summed E-state index contributed by atoms with van der Waals surface area (Å²) in [6, 6.07) is 15.4. The number of aryl methyl sites for hydroxylation is 2. The van der Waals surface area contributed by atoms with E-state index in [4.69, 9.17) is 21.7 Å². The van der Waals surface area contributed by atoms with Gasteiger partial charge in [0.05, 0.1) is 11.3 Å². The Morgan fingerprint density at radius 1 is 1.12 bits per heavy atom. The van der Waals surface area contributed by atoms with E-state index < -0.39 is 17.8 Å². The normalized spacial score (nSPS) is 15.2. The van der Waals surface area contributed by atoms with Crippen molar-refractivity contribution in [1.29, 1.82) is 0 Å². The number of carbonyl (C=O) groups is 3. The van der Waals surface area contributed by atoms with Gasteiger partial charge in [-0.1, -0.05) is 25.1 Å². The zero-order chi connectivity index (χ0) is 23.7. The van der Waals surface area contributed by atoms with Gasteiger partial charge in [-0.2, -0.15) is 0 Å². The van der Waals surface area contributed by atoms with Crippen molar-refractivity contribution in [2.24, 2.45) is 0 Å². The molecule has 1 aromatic heterocycles. The Morgan fingerprint density at radius 2 is 1.85 bits per heavy atom. The van der Waals surface area contributed by atoms with Crippen LogP contribution in [0.2, 0.25) is 0 Å². The van der Waals surface area contributed by atoms with Crippen LogP contribution in [0.5, 0.6) is 0 Å². The third kappa shape index (κ3) is 4.33. The van der Waals surface area contributed by atoms with Gasteiger partial charge in [0.15, 0.2) is 5.11 Å². The molecule has 7 nitrogen and oxygen atoms in total. The first-order chi connectivity index (χ1) is 15.8. The predicted octanol–water partition coefficient (Wildman–Crippen LogP) is 4.35. The van der Waals surface area contributed by atoms with Crippen molar-refractivity contribution in [2.75, 3.05) is 4.90 Å². The molecule has 166 valence electrons. The highest BCUT2D eigenvalue weighted by Gasteiger charge is 2.34. The zero-order valence-corrected chi connectivity index (χ0v) is 18.7. The topological polar surface area (TPSA) is 99.8 Å². The van der Waals surface area contributed by atoms with Gasteiger partial charge in [-0.3, -0.25) is 19.8 Å². The molecule has 1 saturated heterocycles. The van der Waals surface area contributed by atoms with Gasteiger partial charge >= 0.3 is 5.97 Å². The lowest BCUT2D eigenvalue weighted by molar-refractivity contribution is -0.122. The van der Waals surface area contributed by atoms with E-state index in [2.05, 4.69) is 5.32 Å². The van der Waals surface area contributed by atoms with Crippen molar-refractivity contribution < 1.29 is 23.9 Å². The van der Waals surface area contributed by atoms with Gasteiger partial charge in [0.1, 0.15) is 17.1 Å². The molecule has 0 saturated carbocycles. The first-order valence-corrected chi connectivity index (χ1v) is 10.6. The van der Waals surface area contributed by atoms with Gasteiger partial charge in [-0.15, -0.1) is 0 Å². The number of carbonyl (C=O) groups excluding carboxylic acids is 2. The van der Waals surface area contributed by atoms with Crippen molar-refractivity contribution in [3.63, 3.8) is 0 Å². The summed E-state index contributed by atoms with van der Waals surface area (Å²) in [5.74, 6) is -1.37. The fraction of sp³-hybridized carbons (Fsp3) is 0.120. The molecule has 0 aliphatic carbocycles. The van der Waals surface area contributed by atoms with E-state index in [0.717, 1.165) is 17.5 Å². The molecule has 33 heavy (non-hydrogen) atoms. The number of carboxylic acid groups (broad SMARTS) is 1. The zero-order valence-electron chi connectivity index (χ0n) is 17.9. The average Bonchev–Trinajstić information content (AvgIpc) is 3.25. The fourth-order valence-electron chi connectivity index (χ4n) is 3.56. The summed E-state index contributed by atoms with van der Waals surface area (Å²) >= 11 is 5.23. The molecule has 2 N–H and O–H groups in total. The van der Waals surface area contributed by atoms with Crippen LogP contribution < -0.4 is 10.2 Å². The molecule has 0 radical (unpaired) electrons. The average molecular weight is 461 g/mol. The maximum absolute atomic E-state index is 13.1. The highest BCUT2D eigenvalue weighted by Crippen LogP contribution is 2.28. The molecule has 2 heterocycles. The van der Waals surface area contributed by atoms with Crippen LogP contribution in [-0.2, 0) is 16.0 Å². The van der Waals surface area contributed by atoms with Crippen LogP contribution in [0.25, 0.3) is 17.4 Å². The summed E-state index contributed by atoms with van der Waals surface area (Å²) in [4.78, 5) is 38.1. The number of amides is 2. The molecular formula is C25H20N2O5S. The lowest BCUT2D eigenvalue weighted by Crippen LogP contribution is -2.54. The first kappa shape index (κ1) is 22.2. The molecular weight excluding hydrogens is 440 g/mol. The van der Waals surface area contributed by atoms with E-state index in [9.17, 15) is 14.4 Å². The molecule has 0 bridgehead atoms. The minimum atomic E-state index is -1.01. The number of thiocarbonyl (C=S) groups is 1.